The number of hydrogen-bond acceptors (Lipinski definition) is 4. The van der Waals surface area contributed by atoms with E-state index >= 15 is 0 Å². The number of aromatic nitrogens is 1. The number of carbonyl (C=O) groups is 1. The Kier molecular flexibility index (Phi) is 5.83. The lowest BCUT2D eigenvalue weighted by atomic mass is 10.1. The highest BCUT2D eigenvalue weighted by atomic mass is 16.5. The number of rotatable bonds is 6. The van der Waals surface area contributed by atoms with E-state index in [4.69, 9.17) is 14.7 Å². The molecule has 0 bridgehead atoms. The van der Waals surface area contributed by atoms with E-state index in [-0.39, 0.29) is 12.0 Å². The summed E-state index contributed by atoms with van der Waals surface area (Å²) in [5, 5.41) is 11.6. The smallest absolute Gasteiger partial charge is 0.272 e. The molecule has 25 heavy (non-hydrogen) atoms. The van der Waals surface area contributed by atoms with Gasteiger partial charge in [0.1, 0.15) is 17.5 Å². The van der Waals surface area contributed by atoms with Crippen molar-refractivity contribution < 1.29 is 14.3 Å². The minimum absolute atomic E-state index is 0.193. The van der Waals surface area contributed by atoms with Crippen molar-refractivity contribution in [2.75, 3.05) is 18.5 Å². The van der Waals surface area contributed by atoms with Gasteiger partial charge in [0.05, 0.1) is 19.3 Å². The lowest BCUT2D eigenvalue weighted by Gasteiger charge is -2.22. The number of aromatic amines is 1. The fourth-order valence-corrected chi connectivity index (χ4v) is 2.78. The molecule has 0 spiro atoms. The minimum Gasteiger partial charge on any atom is -0.376 e. The van der Waals surface area contributed by atoms with Crippen molar-refractivity contribution in [3.8, 4) is 6.07 Å². The molecule has 130 valence electrons. The molecule has 0 saturated carbocycles. The van der Waals surface area contributed by atoms with Crippen LogP contribution in [0.4, 0.5) is 5.69 Å². The number of hydrogen-bond donors (Lipinski definition) is 2. The quantitative estimate of drug-likeness (QED) is 0.846. The summed E-state index contributed by atoms with van der Waals surface area (Å²) in [7, 11) is 0. The molecule has 1 aromatic carbocycles. The first-order valence-corrected chi connectivity index (χ1v) is 8.43. The van der Waals surface area contributed by atoms with Crippen molar-refractivity contribution in [2.24, 2.45) is 0 Å². The molecule has 3 rings (SSSR count). The lowest BCUT2D eigenvalue weighted by Crippen LogP contribution is -2.24. The van der Waals surface area contributed by atoms with Crippen molar-refractivity contribution in [2.45, 2.75) is 32.0 Å². The van der Waals surface area contributed by atoms with Gasteiger partial charge in [-0.2, -0.15) is 5.26 Å². The van der Waals surface area contributed by atoms with Gasteiger partial charge in [0.25, 0.3) is 5.91 Å². The maximum atomic E-state index is 12.2. The second-order valence-corrected chi connectivity index (χ2v) is 6.06. The van der Waals surface area contributed by atoms with Gasteiger partial charge in [0, 0.05) is 12.3 Å². The lowest BCUT2D eigenvalue weighted by molar-refractivity contribution is -0.0447. The third-order valence-corrected chi connectivity index (χ3v) is 4.08. The molecular formula is C19H21N3O3. The van der Waals surface area contributed by atoms with Crippen molar-refractivity contribution in [3.05, 3.63) is 53.3 Å². The van der Waals surface area contributed by atoms with Crippen LogP contribution in [0, 0.1) is 11.3 Å². The number of nitriles is 1. The van der Waals surface area contributed by atoms with Gasteiger partial charge in [-0.25, -0.2) is 0 Å². The Labute approximate surface area is 146 Å². The largest absolute Gasteiger partial charge is 0.376 e. The first kappa shape index (κ1) is 17.2. The Bertz CT molecular complexity index is 757. The summed E-state index contributed by atoms with van der Waals surface area (Å²) >= 11 is 0. The SMILES string of the molecule is N#Cc1ccc(C(=O)Nc2cccc(COC[C@H]3CCCCO3)c2)[nH]1. The molecule has 1 aliphatic heterocycles. The van der Waals surface area contributed by atoms with Gasteiger partial charge in [-0.15, -0.1) is 0 Å². The van der Waals surface area contributed by atoms with Crippen LogP contribution in [-0.2, 0) is 16.1 Å². The van der Waals surface area contributed by atoms with E-state index in [0.29, 0.717) is 30.3 Å². The van der Waals surface area contributed by atoms with Crippen LogP contribution in [0.1, 0.15) is 41.0 Å². The molecule has 1 aromatic heterocycles. The Morgan fingerprint density at radius 1 is 1.36 bits per heavy atom. The van der Waals surface area contributed by atoms with Crippen LogP contribution in [0.25, 0.3) is 0 Å². The summed E-state index contributed by atoms with van der Waals surface area (Å²) in [6.45, 7) is 1.89. The van der Waals surface area contributed by atoms with Crippen molar-refractivity contribution in [1.82, 2.24) is 4.98 Å². The Balaban J connectivity index is 1.52. The molecule has 1 saturated heterocycles. The molecule has 2 N–H and O–H groups in total. The van der Waals surface area contributed by atoms with Crippen LogP contribution in [0.15, 0.2) is 36.4 Å². The molecule has 6 nitrogen and oxygen atoms in total. The zero-order chi connectivity index (χ0) is 17.5. The number of amides is 1. The van der Waals surface area contributed by atoms with E-state index in [9.17, 15) is 4.79 Å². The zero-order valence-electron chi connectivity index (χ0n) is 14.0. The predicted octanol–water partition coefficient (Wildman–Crippen LogP) is 3.22. The number of ether oxygens (including phenoxy) is 2. The molecule has 2 heterocycles. The molecular weight excluding hydrogens is 318 g/mol. The molecule has 0 unspecified atom stereocenters. The van der Waals surface area contributed by atoms with Gasteiger partial charge in [-0.1, -0.05) is 12.1 Å². The highest BCUT2D eigenvalue weighted by Gasteiger charge is 2.14. The van der Waals surface area contributed by atoms with Gasteiger partial charge in [0.15, 0.2) is 0 Å². The van der Waals surface area contributed by atoms with Crippen molar-refractivity contribution in [3.63, 3.8) is 0 Å². The average molecular weight is 339 g/mol. The van der Waals surface area contributed by atoms with Crippen molar-refractivity contribution >= 4 is 11.6 Å². The second kappa shape index (κ2) is 8.47. The predicted molar refractivity (Wildman–Crippen MR) is 93.1 cm³/mol. The summed E-state index contributed by atoms with van der Waals surface area (Å²) in [4.78, 5) is 14.9. The molecule has 1 atom stereocenters. The summed E-state index contributed by atoms with van der Waals surface area (Å²) in [6.07, 6.45) is 3.58. The van der Waals surface area contributed by atoms with Gasteiger partial charge < -0.3 is 19.8 Å². The number of nitrogens with zero attached hydrogens (tertiary/aromatic N) is 1. The summed E-state index contributed by atoms with van der Waals surface area (Å²) in [6, 6.07) is 12.7. The minimum atomic E-state index is -0.282. The topological polar surface area (TPSA) is 87.1 Å². The number of nitrogens with one attached hydrogen (secondary N) is 2. The number of carbonyl (C=O) groups excluding carboxylic acids is 1. The van der Waals surface area contributed by atoms with Gasteiger partial charge in [-0.05, 0) is 49.1 Å². The van der Waals surface area contributed by atoms with Gasteiger partial charge in [-0.3, -0.25) is 4.79 Å². The average Bonchev–Trinajstić information content (AvgIpc) is 3.12. The Morgan fingerprint density at radius 2 is 2.28 bits per heavy atom. The molecule has 1 aliphatic rings. The highest BCUT2D eigenvalue weighted by Crippen LogP contribution is 2.16. The molecule has 0 aliphatic carbocycles. The van der Waals surface area contributed by atoms with Crippen molar-refractivity contribution in [1.29, 1.82) is 5.26 Å². The van der Waals surface area contributed by atoms with Gasteiger partial charge >= 0.3 is 0 Å². The monoisotopic (exact) mass is 339 g/mol. The maximum Gasteiger partial charge on any atom is 0.272 e. The van der Waals surface area contributed by atoms with Gasteiger partial charge in [0.2, 0.25) is 0 Å². The summed E-state index contributed by atoms with van der Waals surface area (Å²) < 4.78 is 11.4. The second-order valence-electron chi connectivity index (χ2n) is 6.06. The number of benzene rings is 1. The molecule has 6 heteroatoms. The van der Waals surface area contributed by atoms with E-state index in [1.165, 1.54) is 6.42 Å². The normalized spacial score (nSPS) is 17.0. The molecule has 0 radical (unpaired) electrons. The third-order valence-electron chi connectivity index (χ3n) is 4.08. The number of anilines is 1. The molecule has 2 aromatic rings. The number of H-pyrrole nitrogens is 1. The Hall–Kier alpha value is -2.62. The third kappa shape index (κ3) is 4.92. The van der Waals surface area contributed by atoms with Crippen LogP contribution in [0.2, 0.25) is 0 Å². The molecule has 1 amide bonds. The maximum absolute atomic E-state index is 12.2. The first-order chi connectivity index (χ1) is 12.2. The van der Waals surface area contributed by atoms with Crippen LogP contribution in [0.5, 0.6) is 0 Å². The molecule has 1 fully saturated rings. The fourth-order valence-electron chi connectivity index (χ4n) is 2.78. The standard InChI is InChI=1S/C19H21N3O3/c20-11-16-7-8-18(21-16)19(23)22-15-5-3-4-14(10-15)12-24-13-17-6-1-2-9-25-17/h3-5,7-8,10,17,21H,1-2,6,9,12-13H2,(H,22,23)/t17-/m1/s1. The van der Waals surface area contributed by atoms with E-state index in [2.05, 4.69) is 10.3 Å². The van der Waals surface area contributed by atoms with Crippen LogP contribution >= 0.6 is 0 Å². The highest BCUT2D eigenvalue weighted by molar-refractivity contribution is 6.03. The summed E-state index contributed by atoms with van der Waals surface area (Å²) in [5.74, 6) is -0.282. The zero-order valence-corrected chi connectivity index (χ0v) is 14.0. The fraction of sp³-hybridized carbons (Fsp3) is 0.368. The van der Waals surface area contributed by atoms with E-state index in [1.807, 2.05) is 30.3 Å². The Morgan fingerprint density at radius 3 is 3.04 bits per heavy atom. The first-order valence-electron chi connectivity index (χ1n) is 8.43. The van der Waals surface area contributed by atoms with E-state index in [1.54, 1.807) is 12.1 Å². The van der Waals surface area contributed by atoms with Crippen LogP contribution in [0.3, 0.4) is 0 Å². The van der Waals surface area contributed by atoms with Crippen LogP contribution < -0.4 is 5.32 Å². The van der Waals surface area contributed by atoms with E-state index < -0.39 is 0 Å². The van der Waals surface area contributed by atoms with Crippen LogP contribution in [-0.4, -0.2) is 30.2 Å². The van der Waals surface area contributed by atoms with E-state index in [0.717, 1.165) is 25.0 Å². The summed E-state index contributed by atoms with van der Waals surface area (Å²) in [5.41, 5.74) is 2.39.